The third-order valence-corrected chi connectivity index (χ3v) is 5.07. The van der Waals surface area contributed by atoms with E-state index in [2.05, 4.69) is 29.6 Å². The Hall–Kier alpha value is -3.64. The standard InChI is InChI=1S/C25H26N2O4/c1-31-22-12-10-20(11-13-22)19-6-2-17(3-7-19)14-15-27-24(28)21-8-4-18(5-9-21)16-23(26)25(29)30/h2-13,23H,14-16,26H2,1H3,(H,27,28)(H,29,30)/t23-/m0/s1. The van der Waals surface area contributed by atoms with Crippen molar-refractivity contribution < 1.29 is 19.4 Å². The van der Waals surface area contributed by atoms with Crippen LogP contribution in [0, 0.1) is 0 Å². The normalized spacial score (nSPS) is 11.5. The number of aliphatic carboxylic acids is 1. The summed E-state index contributed by atoms with van der Waals surface area (Å²) in [7, 11) is 1.65. The zero-order valence-corrected chi connectivity index (χ0v) is 17.4. The van der Waals surface area contributed by atoms with Crippen molar-refractivity contribution in [2.24, 2.45) is 5.73 Å². The summed E-state index contributed by atoms with van der Waals surface area (Å²) in [6, 6.07) is 22.1. The molecule has 0 saturated heterocycles. The molecule has 0 unspecified atom stereocenters. The Kier molecular flexibility index (Phi) is 7.40. The molecule has 6 heteroatoms. The third-order valence-electron chi connectivity index (χ3n) is 5.07. The van der Waals surface area contributed by atoms with E-state index in [0.717, 1.165) is 34.4 Å². The molecule has 3 rings (SSSR count). The van der Waals surface area contributed by atoms with Crippen LogP contribution in [0.5, 0.6) is 5.75 Å². The summed E-state index contributed by atoms with van der Waals surface area (Å²) >= 11 is 0. The number of carbonyl (C=O) groups is 2. The van der Waals surface area contributed by atoms with Crippen LogP contribution in [-0.2, 0) is 17.6 Å². The van der Waals surface area contributed by atoms with Gasteiger partial charge in [-0.2, -0.15) is 0 Å². The predicted molar refractivity (Wildman–Crippen MR) is 120 cm³/mol. The fourth-order valence-corrected chi connectivity index (χ4v) is 3.20. The number of ether oxygens (including phenoxy) is 1. The van der Waals surface area contributed by atoms with E-state index < -0.39 is 12.0 Å². The first kappa shape index (κ1) is 22.1. The number of rotatable bonds is 9. The molecule has 0 heterocycles. The second-order valence-electron chi connectivity index (χ2n) is 7.28. The lowest BCUT2D eigenvalue weighted by atomic mass is 10.0. The van der Waals surface area contributed by atoms with Crippen molar-refractivity contribution in [2.75, 3.05) is 13.7 Å². The molecule has 1 amide bonds. The number of carboxylic acids is 1. The fourth-order valence-electron chi connectivity index (χ4n) is 3.20. The highest BCUT2D eigenvalue weighted by Gasteiger charge is 2.12. The second kappa shape index (κ2) is 10.4. The molecule has 160 valence electrons. The Morgan fingerprint density at radius 3 is 2.00 bits per heavy atom. The number of carbonyl (C=O) groups excluding carboxylic acids is 1. The van der Waals surface area contributed by atoms with E-state index in [-0.39, 0.29) is 12.3 Å². The monoisotopic (exact) mass is 418 g/mol. The lowest BCUT2D eigenvalue weighted by Gasteiger charge is -2.09. The van der Waals surface area contributed by atoms with Crippen molar-refractivity contribution in [3.05, 3.63) is 89.5 Å². The zero-order chi connectivity index (χ0) is 22.2. The minimum Gasteiger partial charge on any atom is -0.497 e. The molecule has 31 heavy (non-hydrogen) atoms. The quantitative estimate of drug-likeness (QED) is 0.495. The van der Waals surface area contributed by atoms with Crippen LogP contribution < -0.4 is 15.8 Å². The Morgan fingerprint density at radius 2 is 1.45 bits per heavy atom. The first-order valence-corrected chi connectivity index (χ1v) is 10.0. The van der Waals surface area contributed by atoms with Gasteiger partial charge in [0.2, 0.25) is 0 Å². The summed E-state index contributed by atoms with van der Waals surface area (Å²) in [4.78, 5) is 23.2. The van der Waals surface area contributed by atoms with E-state index in [4.69, 9.17) is 15.6 Å². The molecule has 0 bridgehead atoms. The molecule has 3 aromatic rings. The first-order chi connectivity index (χ1) is 15.0. The van der Waals surface area contributed by atoms with Crippen LogP contribution in [0.15, 0.2) is 72.8 Å². The van der Waals surface area contributed by atoms with E-state index in [1.807, 2.05) is 24.3 Å². The highest BCUT2D eigenvalue weighted by molar-refractivity contribution is 5.94. The minimum atomic E-state index is -1.04. The lowest BCUT2D eigenvalue weighted by Crippen LogP contribution is -2.32. The van der Waals surface area contributed by atoms with Crippen LogP contribution in [0.4, 0.5) is 0 Å². The Labute approximate surface area is 181 Å². The molecule has 0 spiro atoms. The van der Waals surface area contributed by atoms with Gasteiger partial charge in [0.15, 0.2) is 0 Å². The highest BCUT2D eigenvalue weighted by Crippen LogP contribution is 2.22. The van der Waals surface area contributed by atoms with Gasteiger partial charge in [-0.25, -0.2) is 0 Å². The van der Waals surface area contributed by atoms with Crippen LogP contribution >= 0.6 is 0 Å². The number of carboxylic acid groups (broad SMARTS) is 1. The summed E-state index contributed by atoms with van der Waals surface area (Å²) in [5, 5.41) is 11.8. The molecule has 4 N–H and O–H groups in total. The molecule has 0 saturated carbocycles. The number of amides is 1. The van der Waals surface area contributed by atoms with Crippen molar-refractivity contribution >= 4 is 11.9 Å². The number of benzene rings is 3. The van der Waals surface area contributed by atoms with Crippen LogP contribution in [0.1, 0.15) is 21.5 Å². The van der Waals surface area contributed by atoms with Gasteiger partial charge in [0.1, 0.15) is 11.8 Å². The minimum absolute atomic E-state index is 0.163. The van der Waals surface area contributed by atoms with Gasteiger partial charge in [0.05, 0.1) is 7.11 Å². The molecule has 6 nitrogen and oxygen atoms in total. The molecule has 1 atom stereocenters. The summed E-state index contributed by atoms with van der Waals surface area (Å²) in [5.41, 5.74) is 10.2. The van der Waals surface area contributed by atoms with Gasteiger partial charge in [-0.3, -0.25) is 9.59 Å². The van der Waals surface area contributed by atoms with Crippen LogP contribution in [0.25, 0.3) is 11.1 Å². The molecule has 0 radical (unpaired) electrons. The first-order valence-electron chi connectivity index (χ1n) is 10.0. The van der Waals surface area contributed by atoms with Crippen LogP contribution in [-0.4, -0.2) is 36.7 Å². The summed E-state index contributed by atoms with van der Waals surface area (Å²) < 4.78 is 5.19. The van der Waals surface area contributed by atoms with Crippen molar-refractivity contribution in [2.45, 2.75) is 18.9 Å². The summed E-state index contributed by atoms with van der Waals surface area (Å²) in [6.45, 7) is 0.520. The van der Waals surface area contributed by atoms with Gasteiger partial charge in [-0.15, -0.1) is 0 Å². The van der Waals surface area contributed by atoms with Gasteiger partial charge in [0, 0.05) is 12.1 Å². The van der Waals surface area contributed by atoms with Crippen LogP contribution in [0.3, 0.4) is 0 Å². The average molecular weight is 418 g/mol. The molecular weight excluding hydrogens is 392 g/mol. The number of nitrogens with two attached hydrogens (primary N) is 1. The van der Waals surface area contributed by atoms with Gasteiger partial charge >= 0.3 is 5.97 Å². The van der Waals surface area contributed by atoms with Crippen molar-refractivity contribution in [1.82, 2.24) is 5.32 Å². The maximum atomic E-state index is 12.3. The Balaban J connectivity index is 1.49. The van der Waals surface area contributed by atoms with Gasteiger partial charge in [-0.1, -0.05) is 48.5 Å². The Bertz CT molecular complexity index is 1010. The summed E-state index contributed by atoms with van der Waals surface area (Å²) in [6.07, 6.45) is 0.948. The highest BCUT2D eigenvalue weighted by atomic mass is 16.5. The van der Waals surface area contributed by atoms with Crippen molar-refractivity contribution in [3.63, 3.8) is 0 Å². The lowest BCUT2D eigenvalue weighted by molar-refractivity contribution is -0.138. The van der Waals surface area contributed by atoms with Gasteiger partial charge in [-0.05, 0) is 59.4 Å². The fraction of sp³-hybridized carbons (Fsp3) is 0.200. The smallest absolute Gasteiger partial charge is 0.320 e. The van der Waals surface area contributed by atoms with Crippen molar-refractivity contribution in [3.8, 4) is 16.9 Å². The van der Waals surface area contributed by atoms with E-state index in [9.17, 15) is 9.59 Å². The van der Waals surface area contributed by atoms with Gasteiger partial charge < -0.3 is 20.9 Å². The van der Waals surface area contributed by atoms with Crippen LogP contribution in [0.2, 0.25) is 0 Å². The summed E-state index contributed by atoms with van der Waals surface area (Å²) in [5.74, 6) is -0.377. The topological polar surface area (TPSA) is 102 Å². The van der Waals surface area contributed by atoms with E-state index in [1.54, 1.807) is 31.4 Å². The zero-order valence-electron chi connectivity index (χ0n) is 17.4. The SMILES string of the molecule is COc1ccc(-c2ccc(CCNC(=O)c3ccc(C[C@H](N)C(=O)O)cc3)cc2)cc1. The Morgan fingerprint density at radius 1 is 0.903 bits per heavy atom. The molecule has 0 fully saturated rings. The maximum absolute atomic E-state index is 12.3. The average Bonchev–Trinajstić information content (AvgIpc) is 2.80. The molecule has 0 aliphatic heterocycles. The van der Waals surface area contributed by atoms with E-state index in [1.165, 1.54) is 0 Å². The second-order valence-corrected chi connectivity index (χ2v) is 7.28. The largest absolute Gasteiger partial charge is 0.497 e. The molecule has 0 aromatic heterocycles. The van der Waals surface area contributed by atoms with Crippen molar-refractivity contribution in [1.29, 1.82) is 0 Å². The predicted octanol–water partition coefficient (Wildman–Crippen LogP) is 3.29. The third kappa shape index (κ3) is 6.17. The number of methoxy groups -OCH3 is 1. The molecule has 0 aliphatic carbocycles. The molecule has 3 aromatic carbocycles. The number of nitrogens with one attached hydrogen (secondary N) is 1. The number of hydrogen-bond donors (Lipinski definition) is 3. The van der Waals surface area contributed by atoms with E-state index in [0.29, 0.717) is 12.1 Å². The molecule has 0 aliphatic rings. The molecular formula is C25H26N2O4. The maximum Gasteiger partial charge on any atom is 0.320 e. The number of hydrogen-bond acceptors (Lipinski definition) is 4. The van der Waals surface area contributed by atoms with Gasteiger partial charge in [0.25, 0.3) is 5.91 Å². The van der Waals surface area contributed by atoms with E-state index >= 15 is 0 Å².